The largest absolute Gasteiger partial charge is 0.464 e. The number of nitrogens with zero attached hydrogens (tertiary/aromatic N) is 2. The van der Waals surface area contributed by atoms with Crippen LogP contribution in [0.1, 0.15) is 23.8 Å². The zero-order valence-electron chi connectivity index (χ0n) is 12.5. The Morgan fingerprint density at radius 2 is 2.19 bits per heavy atom. The summed E-state index contributed by atoms with van der Waals surface area (Å²) in [4.78, 5) is 15.3. The van der Waals surface area contributed by atoms with Crippen LogP contribution in [0.25, 0.3) is 0 Å². The van der Waals surface area contributed by atoms with Crippen LogP contribution in [0.15, 0.2) is 18.3 Å². The first-order chi connectivity index (χ1) is 9.88. The summed E-state index contributed by atoms with van der Waals surface area (Å²) in [6.07, 6.45) is 3.38. The highest BCUT2D eigenvalue weighted by Crippen LogP contribution is 2.09. The number of rotatable bonds is 8. The Morgan fingerprint density at radius 1 is 1.48 bits per heavy atom. The first kappa shape index (κ1) is 17.4. The van der Waals surface area contributed by atoms with Gasteiger partial charge < -0.3 is 10.1 Å². The van der Waals surface area contributed by atoms with Gasteiger partial charge in [-0.25, -0.2) is 22.5 Å². The highest BCUT2D eigenvalue weighted by atomic mass is 32.2. The maximum Gasteiger partial charge on any atom is 0.356 e. The quantitative estimate of drug-likeness (QED) is 0.567. The van der Waals surface area contributed by atoms with Crippen LogP contribution >= 0.6 is 0 Å². The molecule has 0 aromatic carbocycles. The van der Waals surface area contributed by atoms with Crippen LogP contribution in [0.5, 0.6) is 0 Å². The van der Waals surface area contributed by atoms with Crippen LogP contribution in [0.2, 0.25) is 0 Å². The van der Waals surface area contributed by atoms with Crippen molar-refractivity contribution in [1.82, 2.24) is 9.29 Å². The number of carbonyl (C=O) groups is 1. The van der Waals surface area contributed by atoms with Crippen LogP contribution in [0, 0.1) is 0 Å². The van der Waals surface area contributed by atoms with Crippen molar-refractivity contribution >= 4 is 21.7 Å². The predicted octanol–water partition coefficient (Wildman–Crippen LogP) is 0.952. The molecule has 0 saturated carbocycles. The average molecular weight is 315 g/mol. The molecule has 1 rings (SSSR count). The number of carbonyl (C=O) groups excluding carboxylic acids is 1. The summed E-state index contributed by atoms with van der Waals surface area (Å²) in [5, 5.41) is 3.13. The second-order valence-electron chi connectivity index (χ2n) is 4.46. The Balaban J connectivity index is 2.48. The Bertz CT molecular complexity index is 575. The predicted molar refractivity (Wildman–Crippen MR) is 80.8 cm³/mol. The smallest absolute Gasteiger partial charge is 0.356 e. The van der Waals surface area contributed by atoms with E-state index in [1.165, 1.54) is 23.9 Å². The number of pyridine rings is 1. The first-order valence-corrected chi connectivity index (χ1v) is 8.46. The van der Waals surface area contributed by atoms with Gasteiger partial charge in [-0.1, -0.05) is 6.92 Å². The molecule has 0 aliphatic carbocycles. The number of hydrogen-bond acceptors (Lipinski definition) is 6. The van der Waals surface area contributed by atoms with Crippen molar-refractivity contribution in [2.45, 2.75) is 13.3 Å². The molecular weight excluding hydrogens is 294 g/mol. The minimum absolute atomic E-state index is 0.230. The zero-order chi connectivity index (χ0) is 15.9. The van der Waals surface area contributed by atoms with Gasteiger partial charge in [-0.2, -0.15) is 0 Å². The number of esters is 1. The van der Waals surface area contributed by atoms with Crippen molar-refractivity contribution in [3.05, 3.63) is 24.0 Å². The van der Waals surface area contributed by atoms with E-state index in [0.717, 1.165) is 5.69 Å². The molecule has 0 bridgehead atoms. The third-order valence-electron chi connectivity index (χ3n) is 2.89. The van der Waals surface area contributed by atoms with Gasteiger partial charge in [0.25, 0.3) is 0 Å². The summed E-state index contributed by atoms with van der Waals surface area (Å²) in [7, 11) is -1.85. The summed E-state index contributed by atoms with van der Waals surface area (Å²) < 4.78 is 28.9. The van der Waals surface area contributed by atoms with E-state index in [0.29, 0.717) is 26.1 Å². The van der Waals surface area contributed by atoms with E-state index in [9.17, 15) is 13.2 Å². The summed E-state index contributed by atoms with van der Waals surface area (Å²) in [5.74, 6) is -0.493. The van der Waals surface area contributed by atoms with Gasteiger partial charge in [0.1, 0.15) is 5.69 Å². The Kier molecular flexibility index (Phi) is 6.57. The molecule has 118 valence electrons. The van der Waals surface area contributed by atoms with E-state index in [-0.39, 0.29) is 5.69 Å². The second kappa shape index (κ2) is 7.94. The molecule has 1 aromatic rings. The maximum absolute atomic E-state index is 11.4. The third kappa shape index (κ3) is 5.68. The SMILES string of the molecule is CCN(CCCNc1ccnc(C(=O)OC)c1)S(C)(=O)=O. The van der Waals surface area contributed by atoms with Crippen molar-refractivity contribution in [2.24, 2.45) is 0 Å². The zero-order valence-corrected chi connectivity index (χ0v) is 13.3. The number of sulfonamides is 1. The van der Waals surface area contributed by atoms with E-state index in [2.05, 4.69) is 15.0 Å². The molecule has 0 fully saturated rings. The number of nitrogens with one attached hydrogen (secondary N) is 1. The molecule has 0 unspecified atom stereocenters. The molecule has 0 amide bonds. The normalized spacial score (nSPS) is 11.4. The topological polar surface area (TPSA) is 88.6 Å². The lowest BCUT2D eigenvalue weighted by atomic mass is 10.3. The fraction of sp³-hybridized carbons (Fsp3) is 0.538. The van der Waals surface area contributed by atoms with Crippen molar-refractivity contribution < 1.29 is 17.9 Å². The van der Waals surface area contributed by atoms with Gasteiger partial charge in [0.2, 0.25) is 10.0 Å². The lowest BCUT2D eigenvalue weighted by molar-refractivity contribution is 0.0594. The van der Waals surface area contributed by atoms with Crippen molar-refractivity contribution in [3.8, 4) is 0 Å². The summed E-state index contributed by atoms with van der Waals surface area (Å²) in [6.45, 7) is 3.31. The monoisotopic (exact) mass is 315 g/mol. The Morgan fingerprint density at radius 3 is 2.76 bits per heavy atom. The molecule has 0 aliphatic heterocycles. The molecule has 0 saturated heterocycles. The van der Waals surface area contributed by atoms with E-state index in [4.69, 9.17) is 0 Å². The van der Waals surface area contributed by atoms with Gasteiger partial charge in [-0.05, 0) is 18.6 Å². The van der Waals surface area contributed by atoms with Gasteiger partial charge in [0.05, 0.1) is 13.4 Å². The van der Waals surface area contributed by atoms with E-state index in [1.807, 2.05) is 0 Å². The summed E-state index contributed by atoms with van der Waals surface area (Å²) in [6, 6.07) is 3.33. The van der Waals surface area contributed by atoms with Gasteiger partial charge in [0, 0.05) is 31.5 Å². The molecule has 1 aromatic heterocycles. The minimum Gasteiger partial charge on any atom is -0.464 e. The Hall–Kier alpha value is -1.67. The number of ether oxygens (including phenoxy) is 1. The van der Waals surface area contributed by atoms with Crippen molar-refractivity contribution in [3.63, 3.8) is 0 Å². The van der Waals surface area contributed by atoms with Gasteiger partial charge >= 0.3 is 5.97 Å². The lowest BCUT2D eigenvalue weighted by Gasteiger charge is -2.17. The molecule has 21 heavy (non-hydrogen) atoms. The highest BCUT2D eigenvalue weighted by molar-refractivity contribution is 7.88. The molecule has 0 atom stereocenters. The molecule has 8 heteroatoms. The molecule has 0 radical (unpaired) electrons. The molecule has 1 N–H and O–H groups in total. The van der Waals surface area contributed by atoms with Crippen LogP contribution < -0.4 is 5.32 Å². The molecule has 1 heterocycles. The first-order valence-electron chi connectivity index (χ1n) is 6.61. The van der Waals surface area contributed by atoms with Crippen molar-refractivity contribution in [2.75, 3.05) is 38.3 Å². The number of methoxy groups -OCH3 is 1. The fourth-order valence-corrected chi connectivity index (χ4v) is 2.73. The number of aromatic nitrogens is 1. The molecule has 0 aliphatic rings. The molecular formula is C13H21N3O4S. The van der Waals surface area contributed by atoms with Gasteiger partial charge in [-0.3, -0.25) is 0 Å². The van der Waals surface area contributed by atoms with Crippen LogP contribution in [0.4, 0.5) is 5.69 Å². The van der Waals surface area contributed by atoms with E-state index < -0.39 is 16.0 Å². The van der Waals surface area contributed by atoms with Crippen LogP contribution in [0.3, 0.4) is 0 Å². The second-order valence-corrected chi connectivity index (χ2v) is 6.44. The number of hydrogen-bond donors (Lipinski definition) is 1. The highest BCUT2D eigenvalue weighted by Gasteiger charge is 2.13. The van der Waals surface area contributed by atoms with Crippen LogP contribution in [-0.2, 0) is 14.8 Å². The average Bonchev–Trinajstić information content (AvgIpc) is 2.45. The third-order valence-corrected chi connectivity index (χ3v) is 4.27. The summed E-state index contributed by atoms with van der Waals surface area (Å²) in [5.41, 5.74) is 0.974. The van der Waals surface area contributed by atoms with Crippen LogP contribution in [-0.4, -0.2) is 56.7 Å². The van der Waals surface area contributed by atoms with Crippen molar-refractivity contribution in [1.29, 1.82) is 0 Å². The number of anilines is 1. The minimum atomic E-state index is -3.15. The summed E-state index contributed by atoms with van der Waals surface area (Å²) >= 11 is 0. The molecule has 7 nitrogen and oxygen atoms in total. The van der Waals surface area contributed by atoms with E-state index in [1.54, 1.807) is 19.1 Å². The van der Waals surface area contributed by atoms with E-state index >= 15 is 0 Å². The fourth-order valence-electron chi connectivity index (χ4n) is 1.80. The van der Waals surface area contributed by atoms with Gasteiger partial charge in [0.15, 0.2) is 0 Å². The standard InChI is InChI=1S/C13H21N3O4S/c1-4-16(21(3,18)19)9-5-7-14-11-6-8-15-12(10-11)13(17)20-2/h6,8,10H,4-5,7,9H2,1-3H3,(H,14,15). The maximum atomic E-state index is 11.4. The lowest BCUT2D eigenvalue weighted by Crippen LogP contribution is -2.31. The van der Waals surface area contributed by atoms with Gasteiger partial charge in [-0.15, -0.1) is 0 Å². The molecule has 0 spiro atoms. The Labute approximate surface area is 125 Å².